The maximum absolute atomic E-state index is 13.1. The predicted molar refractivity (Wildman–Crippen MR) is 99.9 cm³/mol. The van der Waals surface area contributed by atoms with Crippen LogP contribution in [-0.4, -0.2) is 36.1 Å². The zero-order chi connectivity index (χ0) is 19.3. The molecule has 0 saturated carbocycles. The van der Waals surface area contributed by atoms with Gasteiger partial charge in [-0.05, 0) is 43.5 Å². The molecule has 142 valence electrons. The summed E-state index contributed by atoms with van der Waals surface area (Å²) in [7, 11) is 0. The number of carbonyl (C=O) groups excluding carboxylic acids is 1. The molecule has 1 N–H and O–H groups in total. The van der Waals surface area contributed by atoms with Crippen LogP contribution in [0, 0.1) is 6.92 Å². The van der Waals surface area contributed by atoms with Crippen molar-refractivity contribution in [2.24, 2.45) is 0 Å². The number of fused-ring (bicyclic) bond motifs is 1. The summed E-state index contributed by atoms with van der Waals surface area (Å²) in [5.74, 6) is 0.923. The molecule has 28 heavy (non-hydrogen) atoms. The third-order valence-electron chi connectivity index (χ3n) is 5.01. The molecule has 2 bridgehead atoms. The summed E-state index contributed by atoms with van der Waals surface area (Å²) in [5, 5.41) is 19.7. The van der Waals surface area contributed by atoms with Crippen molar-refractivity contribution in [2.45, 2.75) is 31.7 Å². The van der Waals surface area contributed by atoms with Crippen molar-refractivity contribution >= 4 is 23.3 Å². The number of rotatable bonds is 3. The van der Waals surface area contributed by atoms with Crippen molar-refractivity contribution in [3.63, 3.8) is 0 Å². The van der Waals surface area contributed by atoms with Gasteiger partial charge in [-0.25, -0.2) is 4.79 Å². The topological polar surface area (TPSA) is 102 Å². The Bertz CT molecular complexity index is 1090. The molecule has 0 radical (unpaired) electrons. The van der Waals surface area contributed by atoms with Crippen molar-refractivity contribution in [1.29, 1.82) is 0 Å². The lowest BCUT2D eigenvalue weighted by molar-refractivity contribution is 0.0890. The highest BCUT2D eigenvalue weighted by molar-refractivity contribution is 6.32. The molecule has 0 spiro atoms. The van der Waals surface area contributed by atoms with Crippen molar-refractivity contribution in [3.8, 4) is 5.69 Å². The van der Waals surface area contributed by atoms with Crippen LogP contribution in [-0.2, 0) is 5.54 Å². The average Bonchev–Trinajstić information content (AvgIpc) is 3.35. The smallest absolute Gasteiger partial charge is 0.327 e. The second-order valence-electron chi connectivity index (χ2n) is 6.79. The van der Waals surface area contributed by atoms with Gasteiger partial charge in [-0.2, -0.15) is 15.0 Å². The lowest BCUT2D eigenvalue weighted by Gasteiger charge is -2.51. The summed E-state index contributed by atoms with van der Waals surface area (Å²) in [6.45, 7) is 1.74. The molecule has 1 aromatic carbocycles. The first kappa shape index (κ1) is 16.9. The van der Waals surface area contributed by atoms with Gasteiger partial charge in [0.2, 0.25) is 11.8 Å². The van der Waals surface area contributed by atoms with E-state index in [1.165, 1.54) is 4.80 Å². The number of nitrogens with one attached hydrogen (secondary N) is 1. The molecule has 5 rings (SSSR count). The van der Waals surface area contributed by atoms with Gasteiger partial charge in [0.25, 0.3) is 0 Å². The van der Waals surface area contributed by atoms with Crippen LogP contribution in [0.1, 0.15) is 31.0 Å². The van der Waals surface area contributed by atoms with Gasteiger partial charge in [0.15, 0.2) is 0 Å². The first-order chi connectivity index (χ1) is 13.6. The number of nitrogens with zero attached hydrogens (tertiary/aromatic N) is 6. The van der Waals surface area contributed by atoms with Gasteiger partial charge < -0.3 is 9.73 Å². The van der Waals surface area contributed by atoms with Crippen LogP contribution >= 0.6 is 11.6 Å². The number of hydrogen-bond acceptors (Lipinski definition) is 6. The third-order valence-corrected chi connectivity index (χ3v) is 5.33. The molecule has 2 aliphatic rings. The van der Waals surface area contributed by atoms with E-state index < -0.39 is 5.54 Å². The van der Waals surface area contributed by atoms with E-state index in [1.54, 1.807) is 42.4 Å². The van der Waals surface area contributed by atoms with Crippen LogP contribution < -0.4 is 5.32 Å². The minimum atomic E-state index is -0.669. The molecule has 0 fully saturated rings. The van der Waals surface area contributed by atoms with Crippen LogP contribution in [0.25, 0.3) is 5.69 Å². The van der Waals surface area contributed by atoms with Gasteiger partial charge in [0, 0.05) is 18.3 Å². The summed E-state index contributed by atoms with van der Waals surface area (Å²) in [4.78, 5) is 16.2. The molecule has 1 atom stereocenters. The van der Waals surface area contributed by atoms with E-state index in [0.717, 1.165) is 25.0 Å². The number of aryl methyl sites for hydroxylation is 1. The van der Waals surface area contributed by atoms with E-state index in [0.29, 0.717) is 28.2 Å². The molecule has 2 amide bonds. The molecule has 3 heterocycles. The minimum Gasteiger partial charge on any atom is -0.423 e. The number of anilines is 1. The minimum absolute atomic E-state index is 0.255. The van der Waals surface area contributed by atoms with Gasteiger partial charge in [0.05, 0.1) is 17.4 Å². The molecular formula is C18H16ClN7O2. The first-order valence-electron chi connectivity index (χ1n) is 8.87. The average molecular weight is 398 g/mol. The van der Waals surface area contributed by atoms with Gasteiger partial charge in [0.1, 0.15) is 11.2 Å². The second-order valence-corrected chi connectivity index (χ2v) is 7.20. The largest absolute Gasteiger partial charge is 0.423 e. The van der Waals surface area contributed by atoms with Gasteiger partial charge in [-0.15, -0.1) is 10.2 Å². The SMILES string of the molecule is Cc1nnc([C@@]23C=C(CCC2)N3C(=O)Nc2ccc(Cl)c(-n3nccn3)c2)o1. The van der Waals surface area contributed by atoms with Crippen LogP contribution in [0.15, 0.2) is 46.8 Å². The maximum atomic E-state index is 13.1. The Labute approximate surface area is 165 Å². The quantitative estimate of drug-likeness (QED) is 0.726. The fourth-order valence-corrected chi connectivity index (χ4v) is 4.01. The monoisotopic (exact) mass is 397 g/mol. The van der Waals surface area contributed by atoms with Crippen LogP contribution in [0.4, 0.5) is 10.5 Å². The highest BCUT2D eigenvalue weighted by Crippen LogP contribution is 2.51. The highest BCUT2D eigenvalue weighted by Gasteiger charge is 2.55. The Morgan fingerprint density at radius 2 is 2.11 bits per heavy atom. The van der Waals surface area contributed by atoms with Crippen molar-refractivity contribution in [2.75, 3.05) is 5.32 Å². The van der Waals surface area contributed by atoms with E-state index >= 15 is 0 Å². The van der Waals surface area contributed by atoms with Crippen molar-refractivity contribution < 1.29 is 9.21 Å². The molecule has 0 unspecified atom stereocenters. The third kappa shape index (κ3) is 2.50. The predicted octanol–water partition coefficient (Wildman–Crippen LogP) is 3.42. The van der Waals surface area contributed by atoms with E-state index in [1.807, 2.05) is 6.08 Å². The summed E-state index contributed by atoms with van der Waals surface area (Å²) in [6, 6.07) is 4.91. The zero-order valence-electron chi connectivity index (χ0n) is 15.0. The second kappa shape index (κ2) is 6.16. The molecule has 2 aromatic heterocycles. The fourth-order valence-electron chi connectivity index (χ4n) is 3.81. The number of aromatic nitrogens is 5. The number of urea groups is 1. The summed E-state index contributed by atoms with van der Waals surface area (Å²) >= 11 is 6.25. The lowest BCUT2D eigenvalue weighted by atomic mass is 9.76. The first-order valence-corrected chi connectivity index (χ1v) is 9.24. The lowest BCUT2D eigenvalue weighted by Crippen LogP contribution is -2.58. The Hall–Kier alpha value is -3.20. The normalized spacial score (nSPS) is 20.5. The maximum Gasteiger partial charge on any atom is 0.327 e. The van der Waals surface area contributed by atoms with Crippen LogP contribution in [0.2, 0.25) is 5.02 Å². The van der Waals surface area contributed by atoms with Gasteiger partial charge in [-0.1, -0.05) is 11.6 Å². The number of benzene rings is 1. The van der Waals surface area contributed by atoms with E-state index in [9.17, 15) is 4.79 Å². The van der Waals surface area contributed by atoms with Crippen molar-refractivity contribution in [3.05, 3.63) is 59.2 Å². The molecule has 9 nitrogen and oxygen atoms in total. The molecule has 3 aromatic rings. The fraction of sp³-hybridized carbons (Fsp3) is 0.278. The van der Waals surface area contributed by atoms with E-state index in [2.05, 4.69) is 25.7 Å². The Morgan fingerprint density at radius 3 is 2.82 bits per heavy atom. The van der Waals surface area contributed by atoms with E-state index in [-0.39, 0.29) is 6.03 Å². The van der Waals surface area contributed by atoms with Crippen LogP contribution in [0.3, 0.4) is 0 Å². The molecular weight excluding hydrogens is 382 g/mol. The van der Waals surface area contributed by atoms with E-state index in [4.69, 9.17) is 16.0 Å². The number of carbonyl (C=O) groups is 1. The summed E-state index contributed by atoms with van der Waals surface area (Å²) < 4.78 is 5.65. The Balaban J connectivity index is 1.43. The number of allylic oxidation sites excluding steroid dienone is 1. The standard InChI is InChI=1S/C18H16ClN7O2/c1-11-23-24-16(28-11)18-6-2-3-13(10-18)25(18)17(27)22-12-4-5-14(19)15(9-12)26-20-7-8-21-26/h4-5,7-10H,2-3,6H2,1H3,(H,22,27)/t18-/m0/s1. The van der Waals surface area contributed by atoms with Gasteiger partial charge >= 0.3 is 6.03 Å². The Morgan fingerprint density at radius 1 is 1.29 bits per heavy atom. The van der Waals surface area contributed by atoms with Crippen molar-refractivity contribution in [1.82, 2.24) is 30.1 Å². The number of hydrogen-bond donors (Lipinski definition) is 1. The number of piperidine rings is 1. The number of likely N-dealkylation sites (tertiary alicyclic amines) is 1. The Kier molecular flexibility index (Phi) is 3.73. The van der Waals surface area contributed by atoms with Gasteiger partial charge in [-0.3, -0.25) is 4.90 Å². The zero-order valence-corrected chi connectivity index (χ0v) is 15.7. The summed E-state index contributed by atoms with van der Waals surface area (Å²) in [5.41, 5.74) is 1.46. The molecule has 1 aliphatic carbocycles. The highest BCUT2D eigenvalue weighted by atomic mass is 35.5. The summed E-state index contributed by atoms with van der Waals surface area (Å²) in [6.07, 6.45) is 7.72. The molecule has 10 heteroatoms. The molecule has 1 aliphatic heterocycles. The molecule has 0 saturated heterocycles. The number of amides is 2. The van der Waals surface area contributed by atoms with Crippen LogP contribution in [0.5, 0.6) is 0 Å². The number of halogens is 1.